The number of aliphatic hydroxyl groups excluding tert-OH is 1. The number of carbonyl (C=O) groups excluding carboxylic acids is 1. The second-order valence-electron chi connectivity index (χ2n) is 9.34. The molecule has 0 atom stereocenters. The van der Waals surface area contributed by atoms with Gasteiger partial charge < -0.3 is 10.0 Å². The van der Waals surface area contributed by atoms with Crippen molar-refractivity contribution in [2.75, 3.05) is 13.2 Å². The van der Waals surface area contributed by atoms with E-state index in [1.165, 1.54) is 16.7 Å². The Morgan fingerprint density at radius 1 is 1.11 bits per heavy atom. The van der Waals surface area contributed by atoms with Crippen LogP contribution < -0.4 is 0 Å². The summed E-state index contributed by atoms with van der Waals surface area (Å²) in [7, 11) is 0. The molecule has 1 aliphatic heterocycles. The van der Waals surface area contributed by atoms with Crippen molar-refractivity contribution >= 4 is 5.91 Å². The number of aliphatic hydroxyl groups is 1. The Labute approximate surface area is 163 Å². The molecule has 1 heterocycles. The molecule has 0 saturated heterocycles. The van der Waals surface area contributed by atoms with E-state index in [1.54, 1.807) is 0 Å². The molecule has 3 nitrogen and oxygen atoms in total. The maximum absolute atomic E-state index is 13.1. The predicted molar refractivity (Wildman–Crippen MR) is 110 cm³/mol. The fourth-order valence-electron chi connectivity index (χ4n) is 3.94. The largest absolute Gasteiger partial charge is 0.396 e. The topological polar surface area (TPSA) is 40.5 Å². The van der Waals surface area contributed by atoms with E-state index in [0.29, 0.717) is 19.5 Å². The molecule has 3 heteroatoms. The molecule has 2 aromatic rings. The van der Waals surface area contributed by atoms with Gasteiger partial charge in [-0.05, 0) is 46.2 Å². The molecule has 0 saturated carbocycles. The van der Waals surface area contributed by atoms with Crippen LogP contribution >= 0.6 is 0 Å². The summed E-state index contributed by atoms with van der Waals surface area (Å²) in [6.07, 6.45) is 0.673. The van der Waals surface area contributed by atoms with Crippen molar-refractivity contribution < 1.29 is 9.90 Å². The van der Waals surface area contributed by atoms with E-state index in [4.69, 9.17) is 0 Å². The summed E-state index contributed by atoms with van der Waals surface area (Å²) in [5.41, 5.74) is 5.61. The van der Waals surface area contributed by atoms with Gasteiger partial charge in [0, 0.05) is 30.7 Å². The lowest BCUT2D eigenvalue weighted by atomic mass is 9.77. The average molecular weight is 366 g/mol. The molecule has 1 amide bonds. The Balaban J connectivity index is 1.85. The van der Waals surface area contributed by atoms with Crippen molar-refractivity contribution in [2.24, 2.45) is 0 Å². The number of amides is 1. The summed E-state index contributed by atoms with van der Waals surface area (Å²) in [4.78, 5) is 15.1. The molecule has 1 aliphatic rings. The van der Waals surface area contributed by atoms with E-state index in [9.17, 15) is 9.90 Å². The third-order valence-corrected chi connectivity index (χ3v) is 5.54. The van der Waals surface area contributed by atoms with Crippen molar-refractivity contribution in [2.45, 2.75) is 58.4 Å². The maximum Gasteiger partial charge on any atom is 0.254 e. The SMILES string of the molecule is CC(C)(C)c1ccc(C(=O)N2Cc3ccc(CCO)cc3C(C)(C)C2)cc1. The van der Waals surface area contributed by atoms with Crippen LogP contribution in [-0.4, -0.2) is 29.1 Å². The van der Waals surface area contributed by atoms with Crippen molar-refractivity contribution in [3.05, 3.63) is 70.3 Å². The van der Waals surface area contributed by atoms with E-state index >= 15 is 0 Å². The van der Waals surface area contributed by atoms with Crippen LogP contribution in [0.1, 0.15) is 67.2 Å². The van der Waals surface area contributed by atoms with Crippen LogP contribution in [0.4, 0.5) is 0 Å². The minimum Gasteiger partial charge on any atom is -0.396 e. The van der Waals surface area contributed by atoms with Crippen molar-refractivity contribution in [1.82, 2.24) is 4.90 Å². The number of benzene rings is 2. The van der Waals surface area contributed by atoms with Crippen LogP contribution in [0, 0.1) is 0 Å². The normalized spacial score (nSPS) is 16.1. The second-order valence-corrected chi connectivity index (χ2v) is 9.34. The summed E-state index contributed by atoms with van der Waals surface area (Å²) in [5, 5.41) is 9.21. The molecule has 0 aliphatic carbocycles. The molecule has 27 heavy (non-hydrogen) atoms. The summed E-state index contributed by atoms with van der Waals surface area (Å²) in [5.74, 6) is 0.0913. The molecular formula is C24H31NO2. The first kappa shape index (κ1) is 19.6. The highest BCUT2D eigenvalue weighted by atomic mass is 16.3. The van der Waals surface area contributed by atoms with E-state index in [0.717, 1.165) is 11.1 Å². The zero-order chi connectivity index (χ0) is 19.8. The van der Waals surface area contributed by atoms with Gasteiger partial charge in [-0.15, -0.1) is 0 Å². The Hall–Kier alpha value is -2.13. The van der Waals surface area contributed by atoms with Gasteiger partial charge in [-0.3, -0.25) is 4.79 Å². The Kier molecular flexibility index (Phi) is 5.18. The Morgan fingerprint density at radius 2 is 1.78 bits per heavy atom. The van der Waals surface area contributed by atoms with Crippen LogP contribution in [-0.2, 0) is 23.8 Å². The average Bonchev–Trinajstić information content (AvgIpc) is 2.60. The maximum atomic E-state index is 13.1. The number of fused-ring (bicyclic) bond motifs is 1. The van der Waals surface area contributed by atoms with Gasteiger partial charge in [-0.2, -0.15) is 0 Å². The number of hydrogen-bond acceptors (Lipinski definition) is 2. The highest BCUT2D eigenvalue weighted by Crippen LogP contribution is 2.35. The highest BCUT2D eigenvalue weighted by molar-refractivity contribution is 5.94. The van der Waals surface area contributed by atoms with Gasteiger partial charge in [0.1, 0.15) is 0 Å². The molecule has 0 spiro atoms. The van der Waals surface area contributed by atoms with E-state index in [1.807, 2.05) is 17.0 Å². The van der Waals surface area contributed by atoms with E-state index in [-0.39, 0.29) is 23.3 Å². The number of hydrogen-bond donors (Lipinski definition) is 1. The lowest BCUT2D eigenvalue weighted by Crippen LogP contribution is -2.45. The Morgan fingerprint density at radius 3 is 2.37 bits per heavy atom. The molecule has 3 rings (SSSR count). The predicted octanol–water partition coefficient (Wildman–Crippen LogP) is 4.45. The first-order valence-corrected chi connectivity index (χ1v) is 9.75. The van der Waals surface area contributed by atoms with Crippen LogP contribution in [0.15, 0.2) is 42.5 Å². The third kappa shape index (κ3) is 4.08. The molecule has 2 aromatic carbocycles. The van der Waals surface area contributed by atoms with Crippen molar-refractivity contribution in [3.8, 4) is 0 Å². The lowest BCUT2D eigenvalue weighted by molar-refractivity contribution is 0.0686. The standard InChI is InChI=1S/C24H31NO2/c1-23(2,3)20-10-8-18(9-11-20)22(27)25-15-19-7-6-17(12-13-26)14-21(19)24(4,5)16-25/h6-11,14,26H,12-13,15-16H2,1-5H3. The highest BCUT2D eigenvalue weighted by Gasteiger charge is 2.34. The monoisotopic (exact) mass is 365 g/mol. The third-order valence-electron chi connectivity index (χ3n) is 5.54. The Bertz CT molecular complexity index is 828. The molecule has 144 valence electrons. The van der Waals surface area contributed by atoms with Crippen LogP contribution in [0.3, 0.4) is 0 Å². The zero-order valence-corrected chi connectivity index (χ0v) is 17.2. The van der Waals surface area contributed by atoms with Crippen molar-refractivity contribution in [3.63, 3.8) is 0 Å². The summed E-state index contributed by atoms with van der Waals surface area (Å²) >= 11 is 0. The summed E-state index contributed by atoms with van der Waals surface area (Å²) in [6, 6.07) is 14.4. The molecule has 0 aromatic heterocycles. The van der Waals surface area contributed by atoms with E-state index < -0.39 is 0 Å². The molecular weight excluding hydrogens is 334 g/mol. The van der Waals surface area contributed by atoms with Gasteiger partial charge in [0.15, 0.2) is 0 Å². The van der Waals surface area contributed by atoms with Gasteiger partial charge in [0.25, 0.3) is 5.91 Å². The van der Waals surface area contributed by atoms with E-state index in [2.05, 4.69) is 65.0 Å². The lowest BCUT2D eigenvalue weighted by Gasteiger charge is -2.40. The van der Waals surface area contributed by atoms with Crippen LogP contribution in [0.2, 0.25) is 0 Å². The zero-order valence-electron chi connectivity index (χ0n) is 17.2. The summed E-state index contributed by atoms with van der Waals surface area (Å²) < 4.78 is 0. The number of carbonyl (C=O) groups is 1. The van der Waals surface area contributed by atoms with Crippen LogP contribution in [0.25, 0.3) is 0 Å². The number of nitrogens with zero attached hydrogens (tertiary/aromatic N) is 1. The quantitative estimate of drug-likeness (QED) is 0.873. The molecule has 0 radical (unpaired) electrons. The number of rotatable bonds is 3. The molecule has 0 unspecified atom stereocenters. The first-order valence-electron chi connectivity index (χ1n) is 9.75. The summed E-state index contributed by atoms with van der Waals surface area (Å²) in [6.45, 7) is 12.4. The fraction of sp³-hybridized carbons (Fsp3) is 0.458. The van der Waals surface area contributed by atoms with Gasteiger partial charge in [-0.25, -0.2) is 0 Å². The van der Waals surface area contributed by atoms with Gasteiger partial charge in [0.2, 0.25) is 0 Å². The smallest absolute Gasteiger partial charge is 0.254 e. The first-order chi connectivity index (χ1) is 12.6. The minimum absolute atomic E-state index is 0.0832. The molecule has 0 bridgehead atoms. The van der Waals surface area contributed by atoms with Gasteiger partial charge in [0.05, 0.1) is 0 Å². The molecule has 1 N–H and O–H groups in total. The minimum atomic E-state index is -0.111. The second kappa shape index (κ2) is 7.12. The molecule has 0 fully saturated rings. The van der Waals surface area contributed by atoms with Gasteiger partial charge in [-0.1, -0.05) is 65.0 Å². The fourth-order valence-corrected chi connectivity index (χ4v) is 3.94. The van der Waals surface area contributed by atoms with Crippen molar-refractivity contribution in [1.29, 1.82) is 0 Å². The van der Waals surface area contributed by atoms with Crippen LogP contribution in [0.5, 0.6) is 0 Å². The van der Waals surface area contributed by atoms with Gasteiger partial charge >= 0.3 is 0 Å².